The first-order valence-electron chi connectivity index (χ1n) is 6.65. The maximum absolute atomic E-state index is 12.0. The summed E-state index contributed by atoms with van der Waals surface area (Å²) in [6, 6.07) is 6.85. The van der Waals surface area contributed by atoms with Crippen LogP contribution in [-0.4, -0.2) is 11.6 Å². The van der Waals surface area contributed by atoms with Gasteiger partial charge in [0.25, 0.3) is 0 Å². The summed E-state index contributed by atoms with van der Waals surface area (Å²) >= 11 is 0. The van der Waals surface area contributed by atoms with Crippen molar-refractivity contribution >= 4 is 11.6 Å². The molecule has 106 valence electrons. The predicted octanol–water partition coefficient (Wildman–Crippen LogP) is 3.97. The van der Waals surface area contributed by atoms with Crippen LogP contribution in [-0.2, 0) is 0 Å². The van der Waals surface area contributed by atoms with E-state index in [-0.39, 0.29) is 17.5 Å². The Kier molecular flexibility index (Phi) is 4.23. The van der Waals surface area contributed by atoms with Crippen molar-refractivity contribution in [1.29, 1.82) is 0 Å². The van der Waals surface area contributed by atoms with Gasteiger partial charge >= 0.3 is 0 Å². The second-order valence-corrected chi connectivity index (χ2v) is 5.18. The number of ketones is 2. The quantitative estimate of drug-likeness (QED) is 0.748. The Morgan fingerprint density at radius 2 is 1.30 bits per heavy atom. The summed E-state index contributed by atoms with van der Waals surface area (Å²) in [7, 11) is 0. The van der Waals surface area contributed by atoms with Crippen LogP contribution in [0.2, 0.25) is 0 Å². The van der Waals surface area contributed by atoms with Crippen molar-refractivity contribution in [1.82, 2.24) is 0 Å². The Hall–Kier alpha value is -2.10. The van der Waals surface area contributed by atoms with Gasteiger partial charge in [-0.2, -0.15) is 0 Å². The number of Topliss-reactive ketones (excluding diaryl/α,β-unsaturated/α-hetero) is 2. The first kappa shape index (κ1) is 14.3. The minimum absolute atomic E-state index is 0.0502. The summed E-state index contributed by atoms with van der Waals surface area (Å²) in [6.07, 6.45) is 0.580. The Bertz CT molecular complexity index is 564. The van der Waals surface area contributed by atoms with Gasteiger partial charge in [0, 0.05) is 12.8 Å². The zero-order valence-corrected chi connectivity index (χ0v) is 11.9. The van der Waals surface area contributed by atoms with Gasteiger partial charge in [0.15, 0.2) is 23.1 Å². The van der Waals surface area contributed by atoms with Crippen molar-refractivity contribution in [2.75, 3.05) is 0 Å². The van der Waals surface area contributed by atoms with Gasteiger partial charge in [0.2, 0.25) is 0 Å². The van der Waals surface area contributed by atoms with Gasteiger partial charge in [-0.3, -0.25) is 9.59 Å². The van der Waals surface area contributed by atoms with Gasteiger partial charge in [0.1, 0.15) is 11.5 Å². The second kappa shape index (κ2) is 5.90. The van der Waals surface area contributed by atoms with E-state index in [1.54, 1.807) is 38.1 Å². The van der Waals surface area contributed by atoms with E-state index in [1.807, 2.05) is 6.92 Å². The summed E-state index contributed by atoms with van der Waals surface area (Å²) in [5.41, 5.74) is 0. The molecule has 0 fully saturated rings. The van der Waals surface area contributed by atoms with E-state index in [2.05, 4.69) is 0 Å². The Balaban J connectivity index is 1.90. The molecule has 0 N–H and O–H groups in total. The van der Waals surface area contributed by atoms with Crippen LogP contribution in [0, 0.1) is 19.8 Å². The Labute approximate surface area is 117 Å². The van der Waals surface area contributed by atoms with Crippen LogP contribution < -0.4 is 0 Å². The third-order valence-electron chi connectivity index (χ3n) is 3.10. The molecule has 0 spiro atoms. The lowest BCUT2D eigenvalue weighted by Gasteiger charge is -2.07. The molecule has 0 radical (unpaired) electrons. The van der Waals surface area contributed by atoms with Crippen molar-refractivity contribution in [3.05, 3.63) is 47.3 Å². The number of furan rings is 2. The lowest BCUT2D eigenvalue weighted by Crippen LogP contribution is -2.10. The molecule has 2 heterocycles. The molecule has 0 aliphatic rings. The van der Waals surface area contributed by atoms with E-state index in [1.165, 1.54) is 0 Å². The van der Waals surface area contributed by atoms with E-state index < -0.39 is 0 Å². The first-order valence-corrected chi connectivity index (χ1v) is 6.65. The molecule has 20 heavy (non-hydrogen) atoms. The molecule has 0 unspecified atom stereocenters. The van der Waals surface area contributed by atoms with Gasteiger partial charge < -0.3 is 8.83 Å². The molecule has 2 aromatic heterocycles. The molecule has 0 amide bonds. The second-order valence-electron chi connectivity index (χ2n) is 5.18. The minimum atomic E-state index is -0.0750. The van der Waals surface area contributed by atoms with Crippen molar-refractivity contribution in [2.45, 2.75) is 33.6 Å². The van der Waals surface area contributed by atoms with Gasteiger partial charge in [-0.05, 0) is 44.0 Å². The number of hydrogen-bond acceptors (Lipinski definition) is 4. The molecule has 0 bridgehead atoms. The molecule has 0 atom stereocenters. The molecule has 2 aromatic rings. The van der Waals surface area contributed by atoms with E-state index >= 15 is 0 Å². The molecule has 0 saturated heterocycles. The van der Waals surface area contributed by atoms with Crippen LogP contribution in [0.1, 0.15) is 52.4 Å². The summed E-state index contributed by atoms with van der Waals surface area (Å²) in [5.74, 6) is 1.94. The number of carbonyl (C=O) groups excluding carboxylic acids is 2. The van der Waals surface area contributed by atoms with Crippen molar-refractivity contribution in [2.24, 2.45) is 5.92 Å². The molecule has 0 saturated carbocycles. The summed E-state index contributed by atoms with van der Waals surface area (Å²) in [6.45, 7) is 5.47. The highest BCUT2D eigenvalue weighted by molar-refractivity contribution is 5.96. The molecule has 0 aliphatic heterocycles. The summed E-state index contributed by atoms with van der Waals surface area (Å²) in [4.78, 5) is 23.9. The smallest absolute Gasteiger partial charge is 0.198 e. The van der Waals surface area contributed by atoms with E-state index in [4.69, 9.17) is 8.83 Å². The third kappa shape index (κ3) is 3.47. The highest BCUT2D eigenvalue weighted by Gasteiger charge is 2.19. The van der Waals surface area contributed by atoms with Crippen LogP contribution in [0.4, 0.5) is 0 Å². The fourth-order valence-corrected chi connectivity index (χ4v) is 2.08. The maximum Gasteiger partial charge on any atom is 0.198 e. The summed E-state index contributed by atoms with van der Waals surface area (Å²) < 4.78 is 10.6. The maximum atomic E-state index is 12.0. The number of carbonyl (C=O) groups is 2. The van der Waals surface area contributed by atoms with Crippen LogP contribution in [0.5, 0.6) is 0 Å². The average Bonchev–Trinajstić information content (AvgIpc) is 2.97. The molecule has 0 aromatic carbocycles. The highest BCUT2D eigenvalue weighted by atomic mass is 16.4. The van der Waals surface area contributed by atoms with Gasteiger partial charge in [0.05, 0.1) is 0 Å². The van der Waals surface area contributed by atoms with Crippen molar-refractivity contribution in [3.8, 4) is 0 Å². The zero-order chi connectivity index (χ0) is 14.7. The minimum Gasteiger partial charge on any atom is -0.458 e. The molecular formula is C16H18O4. The molecule has 2 rings (SSSR count). The highest BCUT2D eigenvalue weighted by Crippen LogP contribution is 2.18. The van der Waals surface area contributed by atoms with Crippen molar-refractivity contribution in [3.63, 3.8) is 0 Å². The number of aryl methyl sites for hydroxylation is 2. The monoisotopic (exact) mass is 274 g/mol. The van der Waals surface area contributed by atoms with Gasteiger partial charge in [-0.1, -0.05) is 6.92 Å². The van der Waals surface area contributed by atoms with Crippen LogP contribution >= 0.6 is 0 Å². The molecule has 4 heteroatoms. The number of rotatable bonds is 6. The number of hydrogen-bond donors (Lipinski definition) is 0. The van der Waals surface area contributed by atoms with Crippen LogP contribution in [0.15, 0.2) is 33.1 Å². The standard InChI is InChI=1S/C16H18O4/c1-10(8-13(17)15-6-4-11(2)19-15)9-14(18)16-7-5-12(3)20-16/h4-7,10H,8-9H2,1-3H3. The SMILES string of the molecule is Cc1ccc(C(=O)CC(C)CC(=O)c2ccc(C)o2)o1. The fourth-order valence-electron chi connectivity index (χ4n) is 2.08. The third-order valence-corrected chi connectivity index (χ3v) is 3.10. The van der Waals surface area contributed by atoms with Crippen LogP contribution in [0.3, 0.4) is 0 Å². The van der Waals surface area contributed by atoms with Gasteiger partial charge in [-0.25, -0.2) is 0 Å². The average molecular weight is 274 g/mol. The Morgan fingerprint density at radius 3 is 1.60 bits per heavy atom. The molecule has 0 aliphatic carbocycles. The van der Waals surface area contributed by atoms with Crippen LogP contribution in [0.25, 0.3) is 0 Å². The fraction of sp³-hybridized carbons (Fsp3) is 0.375. The Morgan fingerprint density at radius 1 is 0.900 bits per heavy atom. The van der Waals surface area contributed by atoms with Crippen molar-refractivity contribution < 1.29 is 18.4 Å². The molecular weight excluding hydrogens is 256 g/mol. The van der Waals surface area contributed by atoms with Gasteiger partial charge in [-0.15, -0.1) is 0 Å². The largest absolute Gasteiger partial charge is 0.458 e. The lowest BCUT2D eigenvalue weighted by molar-refractivity contribution is 0.0897. The normalized spacial score (nSPS) is 11.0. The molecule has 4 nitrogen and oxygen atoms in total. The van der Waals surface area contributed by atoms with E-state index in [9.17, 15) is 9.59 Å². The summed E-state index contributed by atoms with van der Waals surface area (Å²) in [5, 5.41) is 0. The zero-order valence-electron chi connectivity index (χ0n) is 11.9. The first-order chi connectivity index (χ1) is 9.45. The van der Waals surface area contributed by atoms with E-state index in [0.29, 0.717) is 35.9 Å². The predicted molar refractivity (Wildman–Crippen MR) is 73.9 cm³/mol. The van der Waals surface area contributed by atoms with E-state index in [0.717, 1.165) is 0 Å². The topological polar surface area (TPSA) is 60.4 Å². The lowest BCUT2D eigenvalue weighted by atomic mass is 9.97.